The fraction of sp³-hybridized carbons (Fsp3) is 0.174. The molecule has 1 aromatic heterocycles. The van der Waals surface area contributed by atoms with Crippen LogP contribution in [0.2, 0.25) is 0 Å². The molecule has 1 atom stereocenters. The zero-order valence-electron chi connectivity index (χ0n) is 15.7. The third kappa shape index (κ3) is 3.93. The number of amides is 1. The Labute approximate surface area is 164 Å². The predicted molar refractivity (Wildman–Crippen MR) is 110 cm³/mol. The topological polar surface area (TPSA) is 59.8 Å². The summed E-state index contributed by atoms with van der Waals surface area (Å²) in [6.45, 7) is 3.34. The molecule has 140 valence electrons. The second-order valence-electron chi connectivity index (χ2n) is 6.95. The van der Waals surface area contributed by atoms with Crippen molar-refractivity contribution in [3.05, 3.63) is 95.6 Å². The van der Waals surface area contributed by atoms with Gasteiger partial charge in [-0.05, 0) is 41.3 Å². The second kappa shape index (κ2) is 8.05. The molecule has 1 heterocycles. The van der Waals surface area contributed by atoms with Gasteiger partial charge in [0, 0.05) is 12.1 Å². The van der Waals surface area contributed by atoms with Crippen molar-refractivity contribution < 1.29 is 4.79 Å². The highest BCUT2D eigenvalue weighted by atomic mass is 16.1. The summed E-state index contributed by atoms with van der Waals surface area (Å²) < 4.78 is 1.87. The molecule has 0 aliphatic carbocycles. The number of fused-ring (bicyclic) bond motifs is 1. The van der Waals surface area contributed by atoms with Gasteiger partial charge in [0.05, 0.1) is 12.1 Å². The third-order valence-electron chi connectivity index (χ3n) is 4.91. The SMILES string of the molecule is C[C@H](CNC(=O)c1ccc(Cn2nnc3ccccc32)cc1)c1ccccc1. The highest BCUT2D eigenvalue weighted by Crippen LogP contribution is 2.15. The van der Waals surface area contributed by atoms with E-state index < -0.39 is 0 Å². The van der Waals surface area contributed by atoms with Crippen LogP contribution in [-0.2, 0) is 6.54 Å². The molecule has 4 aromatic rings. The quantitative estimate of drug-likeness (QED) is 0.558. The normalized spacial score (nSPS) is 12.0. The molecule has 28 heavy (non-hydrogen) atoms. The fourth-order valence-corrected chi connectivity index (χ4v) is 3.22. The van der Waals surface area contributed by atoms with Crippen LogP contribution in [0, 0.1) is 0 Å². The monoisotopic (exact) mass is 370 g/mol. The zero-order valence-corrected chi connectivity index (χ0v) is 15.7. The van der Waals surface area contributed by atoms with Gasteiger partial charge >= 0.3 is 0 Å². The highest BCUT2D eigenvalue weighted by Gasteiger charge is 2.10. The van der Waals surface area contributed by atoms with Crippen LogP contribution in [0.3, 0.4) is 0 Å². The summed E-state index contributed by atoms with van der Waals surface area (Å²) in [5.41, 5.74) is 4.83. The average Bonchev–Trinajstić information content (AvgIpc) is 3.16. The third-order valence-corrected chi connectivity index (χ3v) is 4.91. The van der Waals surface area contributed by atoms with Gasteiger partial charge in [0.1, 0.15) is 5.52 Å². The lowest BCUT2D eigenvalue weighted by Crippen LogP contribution is -2.27. The van der Waals surface area contributed by atoms with E-state index in [0.717, 1.165) is 16.6 Å². The van der Waals surface area contributed by atoms with Crippen LogP contribution in [0.1, 0.15) is 34.3 Å². The number of rotatable bonds is 6. The summed E-state index contributed by atoms with van der Waals surface area (Å²) in [5.74, 6) is 0.213. The van der Waals surface area contributed by atoms with Crippen LogP contribution in [0.5, 0.6) is 0 Å². The number of para-hydroxylation sites is 1. The minimum absolute atomic E-state index is 0.0551. The minimum Gasteiger partial charge on any atom is -0.351 e. The molecule has 5 heteroatoms. The summed E-state index contributed by atoms with van der Waals surface area (Å²) in [6.07, 6.45) is 0. The Balaban J connectivity index is 1.38. The molecule has 0 aliphatic rings. The Kier molecular flexibility index (Phi) is 5.15. The van der Waals surface area contributed by atoms with Gasteiger partial charge in [-0.25, -0.2) is 4.68 Å². The lowest BCUT2D eigenvalue weighted by Gasteiger charge is -2.13. The van der Waals surface area contributed by atoms with Crippen molar-refractivity contribution in [3.63, 3.8) is 0 Å². The van der Waals surface area contributed by atoms with Gasteiger partial charge in [-0.1, -0.05) is 66.7 Å². The molecule has 1 N–H and O–H groups in total. The van der Waals surface area contributed by atoms with E-state index in [2.05, 4.69) is 34.7 Å². The maximum atomic E-state index is 12.4. The molecule has 0 fully saturated rings. The Morgan fingerprint density at radius 1 is 0.964 bits per heavy atom. The van der Waals surface area contributed by atoms with E-state index in [1.165, 1.54) is 5.56 Å². The first kappa shape index (κ1) is 17.9. The molecule has 0 saturated carbocycles. The summed E-state index contributed by atoms with van der Waals surface area (Å²) in [7, 11) is 0. The van der Waals surface area contributed by atoms with Crippen LogP contribution in [0.25, 0.3) is 11.0 Å². The van der Waals surface area contributed by atoms with Crippen molar-refractivity contribution in [1.29, 1.82) is 0 Å². The molecule has 0 unspecified atom stereocenters. The van der Waals surface area contributed by atoms with Crippen molar-refractivity contribution in [2.45, 2.75) is 19.4 Å². The first-order valence-electron chi connectivity index (χ1n) is 9.41. The summed E-state index contributed by atoms with van der Waals surface area (Å²) in [6, 6.07) is 25.7. The van der Waals surface area contributed by atoms with E-state index in [1.54, 1.807) is 0 Å². The van der Waals surface area contributed by atoms with Gasteiger partial charge in [0.25, 0.3) is 5.91 Å². The maximum absolute atomic E-state index is 12.4. The lowest BCUT2D eigenvalue weighted by molar-refractivity contribution is 0.0951. The highest BCUT2D eigenvalue weighted by molar-refractivity contribution is 5.94. The number of hydrogen-bond acceptors (Lipinski definition) is 3. The molecule has 0 radical (unpaired) electrons. The number of carbonyl (C=O) groups excluding carboxylic acids is 1. The van der Waals surface area contributed by atoms with E-state index in [0.29, 0.717) is 18.7 Å². The van der Waals surface area contributed by atoms with E-state index in [1.807, 2.05) is 71.4 Å². The Morgan fingerprint density at radius 2 is 1.68 bits per heavy atom. The summed E-state index contributed by atoms with van der Waals surface area (Å²) in [5, 5.41) is 11.4. The van der Waals surface area contributed by atoms with Crippen LogP contribution < -0.4 is 5.32 Å². The van der Waals surface area contributed by atoms with Gasteiger partial charge < -0.3 is 5.32 Å². The van der Waals surface area contributed by atoms with E-state index >= 15 is 0 Å². The van der Waals surface area contributed by atoms with Crippen LogP contribution >= 0.6 is 0 Å². The Bertz CT molecular complexity index is 1070. The van der Waals surface area contributed by atoms with Crippen molar-refractivity contribution in [2.24, 2.45) is 0 Å². The molecule has 5 nitrogen and oxygen atoms in total. The van der Waals surface area contributed by atoms with Gasteiger partial charge in [-0.15, -0.1) is 5.10 Å². The largest absolute Gasteiger partial charge is 0.351 e. The minimum atomic E-state index is -0.0551. The first-order valence-corrected chi connectivity index (χ1v) is 9.41. The van der Waals surface area contributed by atoms with Gasteiger partial charge in [-0.3, -0.25) is 4.79 Å². The fourth-order valence-electron chi connectivity index (χ4n) is 3.22. The van der Waals surface area contributed by atoms with E-state index in [4.69, 9.17) is 0 Å². The standard InChI is InChI=1S/C23H22N4O/c1-17(19-7-3-2-4-8-19)15-24-23(28)20-13-11-18(12-14-20)16-27-22-10-6-5-9-21(22)25-26-27/h2-14,17H,15-16H2,1H3,(H,24,28)/t17-/m1/s1. The van der Waals surface area contributed by atoms with Crippen molar-refractivity contribution in [1.82, 2.24) is 20.3 Å². The number of benzene rings is 3. The van der Waals surface area contributed by atoms with Gasteiger partial charge in [0.15, 0.2) is 0 Å². The molecule has 3 aromatic carbocycles. The van der Waals surface area contributed by atoms with Crippen molar-refractivity contribution in [3.8, 4) is 0 Å². The smallest absolute Gasteiger partial charge is 0.251 e. The number of nitrogens with one attached hydrogen (secondary N) is 1. The molecular formula is C23H22N4O. The first-order chi connectivity index (χ1) is 13.7. The van der Waals surface area contributed by atoms with E-state index in [-0.39, 0.29) is 11.8 Å². The summed E-state index contributed by atoms with van der Waals surface area (Å²) in [4.78, 5) is 12.4. The van der Waals surface area contributed by atoms with Gasteiger partial charge in [0.2, 0.25) is 0 Å². The van der Waals surface area contributed by atoms with Crippen LogP contribution in [-0.4, -0.2) is 27.4 Å². The van der Waals surface area contributed by atoms with Gasteiger partial charge in [-0.2, -0.15) is 0 Å². The summed E-state index contributed by atoms with van der Waals surface area (Å²) >= 11 is 0. The second-order valence-corrected chi connectivity index (χ2v) is 6.95. The number of aromatic nitrogens is 3. The molecular weight excluding hydrogens is 348 g/mol. The van der Waals surface area contributed by atoms with Crippen molar-refractivity contribution >= 4 is 16.9 Å². The van der Waals surface area contributed by atoms with Crippen molar-refractivity contribution in [2.75, 3.05) is 6.54 Å². The Hall–Kier alpha value is -3.47. The Morgan fingerprint density at radius 3 is 2.46 bits per heavy atom. The van der Waals surface area contributed by atoms with E-state index in [9.17, 15) is 4.79 Å². The maximum Gasteiger partial charge on any atom is 0.251 e. The number of nitrogens with zero attached hydrogens (tertiary/aromatic N) is 3. The predicted octanol–water partition coefficient (Wildman–Crippen LogP) is 4.01. The average molecular weight is 370 g/mol. The number of hydrogen-bond donors (Lipinski definition) is 1. The molecule has 0 aliphatic heterocycles. The molecule has 0 bridgehead atoms. The lowest BCUT2D eigenvalue weighted by atomic mass is 10.0. The molecule has 0 saturated heterocycles. The molecule has 4 rings (SSSR count). The zero-order chi connectivity index (χ0) is 19.3. The molecule has 0 spiro atoms. The number of carbonyl (C=O) groups is 1. The molecule has 1 amide bonds. The van der Waals surface area contributed by atoms with Crippen LogP contribution in [0.4, 0.5) is 0 Å². The van der Waals surface area contributed by atoms with Crippen LogP contribution in [0.15, 0.2) is 78.9 Å².